The average Bonchev–Trinajstić information content (AvgIpc) is 3.15. The number of carboxylic acid groups (broad SMARTS) is 1. The number of aromatic carboxylic acids is 1. The van der Waals surface area contributed by atoms with Crippen LogP contribution >= 0.6 is 0 Å². The Morgan fingerprint density at radius 2 is 1.80 bits per heavy atom. The summed E-state index contributed by atoms with van der Waals surface area (Å²) in [6, 6.07) is 14.7. The molecule has 1 aromatic heterocycles. The molecule has 0 aliphatic rings. The van der Waals surface area contributed by atoms with Crippen LogP contribution in [0.4, 0.5) is 8.78 Å². The van der Waals surface area contributed by atoms with Crippen LogP contribution in [0.2, 0.25) is 0 Å². The van der Waals surface area contributed by atoms with E-state index in [1.54, 1.807) is 16.7 Å². The second-order valence-corrected chi connectivity index (χ2v) is 8.80. The van der Waals surface area contributed by atoms with Gasteiger partial charge in [0, 0.05) is 40.9 Å². The number of carbonyl (C=O) groups is 1. The van der Waals surface area contributed by atoms with E-state index in [4.69, 9.17) is 4.74 Å². The zero-order chi connectivity index (χ0) is 25.5. The minimum Gasteiger partial charge on any atom is -0.507 e. The molecule has 0 spiro atoms. The van der Waals surface area contributed by atoms with Crippen molar-refractivity contribution < 1.29 is 28.5 Å². The van der Waals surface area contributed by atoms with Crippen LogP contribution in [0, 0.1) is 23.0 Å². The fourth-order valence-corrected chi connectivity index (χ4v) is 4.40. The minimum atomic E-state index is -1.09. The zero-order valence-corrected chi connectivity index (χ0v) is 19.3. The van der Waals surface area contributed by atoms with Gasteiger partial charge >= 0.3 is 5.97 Å². The van der Waals surface area contributed by atoms with Crippen molar-refractivity contribution in [1.29, 1.82) is 5.26 Å². The van der Waals surface area contributed by atoms with Gasteiger partial charge in [0.1, 0.15) is 11.6 Å². The molecule has 0 saturated heterocycles. The molecule has 0 radical (unpaired) electrons. The first kappa shape index (κ1) is 23.8. The first-order valence-electron chi connectivity index (χ1n) is 10.7. The quantitative estimate of drug-likeness (QED) is 0.347. The normalized spacial score (nSPS) is 11.4. The SMILES string of the molecule is COc1cc(-n2c(C(C)(C)CC#N)c(-c3ccc(C(=O)O)cc3)c3c(O)cc(F)cc32)ccc1F. The molecule has 6 nitrogen and oxygen atoms in total. The molecule has 2 N–H and O–H groups in total. The first-order valence-corrected chi connectivity index (χ1v) is 10.7. The molecular weight excluding hydrogens is 454 g/mol. The number of aromatic hydroxyl groups is 1. The zero-order valence-electron chi connectivity index (χ0n) is 19.3. The van der Waals surface area contributed by atoms with E-state index in [0.717, 1.165) is 6.07 Å². The van der Waals surface area contributed by atoms with Crippen molar-refractivity contribution in [3.8, 4) is 34.4 Å². The number of phenolic OH excluding ortho intramolecular Hbond substituents is 1. The van der Waals surface area contributed by atoms with Crippen LogP contribution in [0.25, 0.3) is 27.7 Å². The molecule has 0 aliphatic carbocycles. The number of hydrogen-bond acceptors (Lipinski definition) is 4. The second-order valence-electron chi connectivity index (χ2n) is 8.80. The van der Waals surface area contributed by atoms with E-state index < -0.39 is 23.0 Å². The Hall–Kier alpha value is -4.38. The van der Waals surface area contributed by atoms with Crippen molar-refractivity contribution in [3.05, 3.63) is 77.5 Å². The average molecular weight is 476 g/mol. The van der Waals surface area contributed by atoms with E-state index in [1.165, 1.54) is 43.5 Å². The first-order chi connectivity index (χ1) is 16.6. The molecule has 178 valence electrons. The van der Waals surface area contributed by atoms with Gasteiger partial charge in [-0.25, -0.2) is 13.6 Å². The molecule has 0 atom stereocenters. The van der Waals surface area contributed by atoms with Crippen LogP contribution in [0.5, 0.6) is 11.5 Å². The van der Waals surface area contributed by atoms with Crippen LogP contribution < -0.4 is 4.74 Å². The maximum Gasteiger partial charge on any atom is 0.335 e. The van der Waals surface area contributed by atoms with E-state index in [2.05, 4.69) is 6.07 Å². The number of nitriles is 1. The predicted octanol–water partition coefficient (Wildman–Crippen LogP) is 6.18. The number of nitrogens with zero attached hydrogens (tertiary/aromatic N) is 2. The number of ether oxygens (including phenoxy) is 1. The summed E-state index contributed by atoms with van der Waals surface area (Å²) >= 11 is 0. The fourth-order valence-electron chi connectivity index (χ4n) is 4.40. The Labute approximate surface area is 200 Å². The highest BCUT2D eigenvalue weighted by Crippen LogP contribution is 2.47. The summed E-state index contributed by atoms with van der Waals surface area (Å²) in [6.45, 7) is 3.68. The lowest BCUT2D eigenvalue weighted by molar-refractivity contribution is 0.0697. The highest BCUT2D eigenvalue weighted by atomic mass is 19.1. The van der Waals surface area contributed by atoms with Crippen molar-refractivity contribution in [2.24, 2.45) is 0 Å². The van der Waals surface area contributed by atoms with E-state index >= 15 is 0 Å². The molecule has 3 aromatic carbocycles. The molecule has 8 heteroatoms. The standard InChI is InChI=1S/C27H22F2N2O4/c1-27(2,10-11-30)25-23(15-4-6-16(7-5-15)26(33)34)24-20(12-17(28)13-21(24)32)31(25)18-8-9-19(29)22(14-18)35-3/h4-9,12-14,32H,10H2,1-3H3,(H,33,34). The number of phenols is 1. The summed E-state index contributed by atoms with van der Waals surface area (Å²) < 4.78 is 35.6. The number of rotatable bonds is 6. The minimum absolute atomic E-state index is 0.0265. The Kier molecular flexibility index (Phi) is 5.95. The van der Waals surface area contributed by atoms with Gasteiger partial charge in [0.05, 0.1) is 29.6 Å². The van der Waals surface area contributed by atoms with Crippen LogP contribution in [-0.2, 0) is 5.41 Å². The maximum absolute atomic E-state index is 14.6. The van der Waals surface area contributed by atoms with Crippen LogP contribution in [0.1, 0.15) is 36.3 Å². The van der Waals surface area contributed by atoms with Gasteiger partial charge in [-0.1, -0.05) is 26.0 Å². The lowest BCUT2D eigenvalue weighted by Gasteiger charge is -2.27. The number of aromatic nitrogens is 1. The van der Waals surface area contributed by atoms with E-state index in [0.29, 0.717) is 33.4 Å². The summed E-state index contributed by atoms with van der Waals surface area (Å²) in [4.78, 5) is 11.4. The third-order valence-corrected chi connectivity index (χ3v) is 5.99. The van der Waals surface area contributed by atoms with Crippen LogP contribution in [0.3, 0.4) is 0 Å². The molecule has 0 fully saturated rings. The molecule has 0 saturated carbocycles. The summed E-state index contributed by atoms with van der Waals surface area (Å²) in [5, 5.41) is 30.1. The summed E-state index contributed by atoms with van der Waals surface area (Å²) in [5.74, 6) is -2.70. The fraction of sp³-hybridized carbons (Fsp3) is 0.185. The van der Waals surface area contributed by atoms with Crippen LogP contribution in [-0.4, -0.2) is 27.9 Å². The Balaban J connectivity index is 2.20. The van der Waals surface area contributed by atoms with Crippen molar-refractivity contribution in [2.45, 2.75) is 25.7 Å². The predicted molar refractivity (Wildman–Crippen MR) is 127 cm³/mol. The van der Waals surface area contributed by atoms with Crippen LogP contribution in [0.15, 0.2) is 54.6 Å². The van der Waals surface area contributed by atoms with Crippen molar-refractivity contribution >= 4 is 16.9 Å². The van der Waals surface area contributed by atoms with Gasteiger partial charge in [0.25, 0.3) is 0 Å². The number of methoxy groups -OCH3 is 1. The summed E-state index contributed by atoms with van der Waals surface area (Å²) in [7, 11) is 1.33. The third kappa shape index (κ3) is 4.06. The van der Waals surface area contributed by atoms with Gasteiger partial charge in [-0.3, -0.25) is 0 Å². The van der Waals surface area contributed by atoms with Gasteiger partial charge in [-0.2, -0.15) is 5.26 Å². The number of hydrogen-bond donors (Lipinski definition) is 2. The number of fused-ring (bicyclic) bond motifs is 1. The highest BCUT2D eigenvalue weighted by Gasteiger charge is 2.33. The van der Waals surface area contributed by atoms with Crippen molar-refractivity contribution in [1.82, 2.24) is 4.57 Å². The number of benzene rings is 3. The summed E-state index contributed by atoms with van der Waals surface area (Å²) in [6.07, 6.45) is 0.0745. The van der Waals surface area contributed by atoms with Gasteiger partial charge < -0.3 is 19.5 Å². The number of halogens is 2. The second kappa shape index (κ2) is 8.76. The monoisotopic (exact) mass is 476 g/mol. The lowest BCUT2D eigenvalue weighted by Crippen LogP contribution is -2.22. The molecule has 0 bridgehead atoms. The molecule has 0 amide bonds. The molecule has 0 aliphatic heterocycles. The summed E-state index contributed by atoms with van der Waals surface area (Å²) in [5.41, 5.74) is 1.63. The molecule has 35 heavy (non-hydrogen) atoms. The topological polar surface area (TPSA) is 95.5 Å². The highest BCUT2D eigenvalue weighted by molar-refractivity contribution is 6.04. The molecular formula is C27H22F2N2O4. The Bertz CT molecular complexity index is 1500. The van der Waals surface area contributed by atoms with Gasteiger partial charge in [-0.05, 0) is 35.9 Å². The van der Waals surface area contributed by atoms with Gasteiger partial charge in [0.2, 0.25) is 0 Å². The van der Waals surface area contributed by atoms with Crippen molar-refractivity contribution in [3.63, 3.8) is 0 Å². The molecule has 0 unspecified atom stereocenters. The van der Waals surface area contributed by atoms with E-state index in [1.807, 2.05) is 13.8 Å². The lowest BCUT2D eigenvalue weighted by atomic mass is 9.81. The largest absolute Gasteiger partial charge is 0.507 e. The number of carboxylic acids is 1. The molecule has 4 rings (SSSR count). The Morgan fingerprint density at radius 3 is 2.40 bits per heavy atom. The molecule has 1 heterocycles. The van der Waals surface area contributed by atoms with Gasteiger partial charge in [0.15, 0.2) is 11.6 Å². The third-order valence-electron chi connectivity index (χ3n) is 5.99. The Morgan fingerprint density at radius 1 is 1.11 bits per heavy atom. The van der Waals surface area contributed by atoms with Crippen molar-refractivity contribution in [2.75, 3.05) is 7.11 Å². The molecule has 4 aromatic rings. The van der Waals surface area contributed by atoms with E-state index in [-0.39, 0.29) is 23.5 Å². The maximum atomic E-state index is 14.6. The smallest absolute Gasteiger partial charge is 0.335 e. The van der Waals surface area contributed by atoms with E-state index in [9.17, 15) is 29.1 Å². The van der Waals surface area contributed by atoms with Gasteiger partial charge in [-0.15, -0.1) is 0 Å².